The van der Waals surface area contributed by atoms with Crippen LogP contribution in [0.2, 0.25) is 5.02 Å². The van der Waals surface area contributed by atoms with Gasteiger partial charge in [0, 0.05) is 25.6 Å². The van der Waals surface area contributed by atoms with E-state index in [-0.39, 0.29) is 17.0 Å². The predicted molar refractivity (Wildman–Crippen MR) is 64.3 cm³/mol. The molecule has 17 heavy (non-hydrogen) atoms. The maximum Gasteiger partial charge on any atom is 0.220 e. The average Bonchev–Trinajstić information content (AvgIpc) is 2.70. The van der Waals surface area contributed by atoms with Crippen molar-refractivity contribution in [2.45, 2.75) is 25.4 Å². The highest BCUT2D eigenvalue weighted by Crippen LogP contribution is 2.15. The molecule has 0 bridgehead atoms. The van der Waals surface area contributed by atoms with E-state index in [4.69, 9.17) is 11.6 Å². The SMILES string of the molecule is O=C1CCC(CNCc2ccc(F)c(Cl)c2)N1. The average molecular weight is 257 g/mol. The van der Waals surface area contributed by atoms with Gasteiger partial charge in [-0.15, -0.1) is 0 Å². The molecular formula is C12H14ClFN2O. The summed E-state index contributed by atoms with van der Waals surface area (Å²) in [4.78, 5) is 11.0. The van der Waals surface area contributed by atoms with Crippen LogP contribution in [-0.2, 0) is 11.3 Å². The Hall–Kier alpha value is -1.13. The number of nitrogens with one attached hydrogen (secondary N) is 2. The van der Waals surface area contributed by atoms with E-state index in [1.54, 1.807) is 12.1 Å². The second kappa shape index (κ2) is 5.47. The van der Waals surface area contributed by atoms with Crippen molar-refractivity contribution in [1.29, 1.82) is 0 Å². The normalized spacial score (nSPS) is 19.4. The number of benzene rings is 1. The van der Waals surface area contributed by atoms with Gasteiger partial charge in [0.05, 0.1) is 5.02 Å². The van der Waals surface area contributed by atoms with Gasteiger partial charge in [0.1, 0.15) is 5.82 Å². The quantitative estimate of drug-likeness (QED) is 0.863. The van der Waals surface area contributed by atoms with Crippen molar-refractivity contribution < 1.29 is 9.18 Å². The molecule has 0 spiro atoms. The number of amides is 1. The van der Waals surface area contributed by atoms with Crippen LogP contribution >= 0.6 is 11.6 Å². The van der Waals surface area contributed by atoms with Gasteiger partial charge in [-0.05, 0) is 24.1 Å². The van der Waals surface area contributed by atoms with Gasteiger partial charge in [-0.2, -0.15) is 0 Å². The van der Waals surface area contributed by atoms with Gasteiger partial charge in [0.15, 0.2) is 0 Å². The van der Waals surface area contributed by atoms with E-state index in [1.165, 1.54) is 6.07 Å². The number of carbonyl (C=O) groups is 1. The molecule has 0 radical (unpaired) electrons. The van der Waals surface area contributed by atoms with Crippen molar-refractivity contribution in [3.63, 3.8) is 0 Å². The van der Waals surface area contributed by atoms with Gasteiger partial charge < -0.3 is 10.6 Å². The summed E-state index contributed by atoms with van der Waals surface area (Å²) in [6.45, 7) is 1.34. The minimum atomic E-state index is -0.404. The van der Waals surface area contributed by atoms with E-state index in [2.05, 4.69) is 10.6 Å². The summed E-state index contributed by atoms with van der Waals surface area (Å²) < 4.78 is 12.9. The minimum Gasteiger partial charge on any atom is -0.352 e. The smallest absolute Gasteiger partial charge is 0.220 e. The lowest BCUT2D eigenvalue weighted by molar-refractivity contribution is -0.119. The monoisotopic (exact) mass is 256 g/mol. The molecule has 0 aromatic heterocycles. The number of hydrogen-bond donors (Lipinski definition) is 2. The lowest BCUT2D eigenvalue weighted by Gasteiger charge is -2.11. The van der Waals surface area contributed by atoms with E-state index < -0.39 is 5.82 Å². The summed E-state index contributed by atoms with van der Waals surface area (Å²) in [5.74, 6) is -0.292. The maximum atomic E-state index is 12.9. The molecule has 92 valence electrons. The molecular weight excluding hydrogens is 243 g/mol. The summed E-state index contributed by atoms with van der Waals surface area (Å²) >= 11 is 5.68. The zero-order valence-electron chi connectivity index (χ0n) is 9.30. The highest BCUT2D eigenvalue weighted by atomic mass is 35.5. The highest BCUT2D eigenvalue weighted by Gasteiger charge is 2.19. The summed E-state index contributed by atoms with van der Waals surface area (Å²) in [6.07, 6.45) is 1.48. The number of halogens is 2. The molecule has 1 aromatic carbocycles. The number of hydrogen-bond acceptors (Lipinski definition) is 2. The van der Waals surface area contributed by atoms with Gasteiger partial charge in [-0.3, -0.25) is 4.79 Å². The molecule has 5 heteroatoms. The van der Waals surface area contributed by atoms with Gasteiger partial charge in [-0.1, -0.05) is 17.7 Å². The predicted octanol–water partition coefficient (Wildman–Crippen LogP) is 1.85. The van der Waals surface area contributed by atoms with Crippen LogP contribution in [0.15, 0.2) is 18.2 Å². The van der Waals surface area contributed by atoms with Gasteiger partial charge in [0.2, 0.25) is 5.91 Å². The Labute approximate surface area is 104 Å². The van der Waals surface area contributed by atoms with E-state index in [0.717, 1.165) is 18.5 Å². The van der Waals surface area contributed by atoms with Crippen LogP contribution in [0.25, 0.3) is 0 Å². The van der Waals surface area contributed by atoms with Crippen molar-refractivity contribution in [3.05, 3.63) is 34.6 Å². The Balaban J connectivity index is 1.78. The van der Waals surface area contributed by atoms with Crippen LogP contribution in [-0.4, -0.2) is 18.5 Å². The van der Waals surface area contributed by atoms with Gasteiger partial charge in [0.25, 0.3) is 0 Å². The van der Waals surface area contributed by atoms with Crippen molar-refractivity contribution in [1.82, 2.24) is 10.6 Å². The molecule has 1 aliphatic rings. The first-order chi connectivity index (χ1) is 8.15. The van der Waals surface area contributed by atoms with E-state index in [9.17, 15) is 9.18 Å². The Morgan fingerprint density at radius 1 is 1.53 bits per heavy atom. The zero-order valence-corrected chi connectivity index (χ0v) is 10.1. The summed E-state index contributed by atoms with van der Waals surface area (Å²) in [5, 5.41) is 6.23. The second-order valence-corrected chi connectivity index (χ2v) is 4.59. The van der Waals surface area contributed by atoms with Gasteiger partial charge >= 0.3 is 0 Å². The van der Waals surface area contributed by atoms with Crippen LogP contribution in [0.5, 0.6) is 0 Å². The van der Waals surface area contributed by atoms with Crippen LogP contribution in [0.1, 0.15) is 18.4 Å². The molecule has 2 rings (SSSR count). The molecule has 2 N–H and O–H groups in total. The topological polar surface area (TPSA) is 41.1 Å². The molecule has 1 fully saturated rings. The van der Waals surface area contributed by atoms with Crippen molar-refractivity contribution in [2.75, 3.05) is 6.54 Å². The Kier molecular flexibility index (Phi) is 3.97. The van der Waals surface area contributed by atoms with Crippen LogP contribution < -0.4 is 10.6 Å². The fraction of sp³-hybridized carbons (Fsp3) is 0.417. The third-order valence-corrected chi connectivity index (χ3v) is 3.08. The lowest BCUT2D eigenvalue weighted by Crippen LogP contribution is -2.35. The Morgan fingerprint density at radius 3 is 3.00 bits per heavy atom. The number of rotatable bonds is 4. The first-order valence-corrected chi connectivity index (χ1v) is 5.97. The molecule has 1 aromatic rings. The van der Waals surface area contributed by atoms with Crippen LogP contribution in [0, 0.1) is 5.82 Å². The minimum absolute atomic E-state index is 0.113. The maximum absolute atomic E-state index is 12.9. The molecule has 1 atom stereocenters. The number of carbonyl (C=O) groups excluding carboxylic acids is 1. The summed E-state index contributed by atoms with van der Waals surface area (Å²) in [7, 11) is 0. The fourth-order valence-corrected chi connectivity index (χ4v) is 2.07. The van der Waals surface area contributed by atoms with E-state index >= 15 is 0 Å². The van der Waals surface area contributed by atoms with Gasteiger partial charge in [-0.25, -0.2) is 4.39 Å². The third-order valence-electron chi connectivity index (χ3n) is 2.79. The summed E-state index contributed by atoms with van der Waals surface area (Å²) in [5.41, 5.74) is 0.931. The molecule has 1 unspecified atom stereocenters. The molecule has 1 heterocycles. The van der Waals surface area contributed by atoms with Crippen LogP contribution in [0.3, 0.4) is 0 Å². The highest BCUT2D eigenvalue weighted by molar-refractivity contribution is 6.30. The molecule has 1 saturated heterocycles. The molecule has 1 aliphatic heterocycles. The van der Waals surface area contributed by atoms with E-state index in [1.807, 2.05) is 0 Å². The Bertz CT molecular complexity index is 425. The standard InChI is InChI=1S/C12H14ClFN2O/c13-10-5-8(1-3-11(10)14)6-15-7-9-2-4-12(17)16-9/h1,3,5,9,15H,2,4,6-7H2,(H,16,17). The van der Waals surface area contributed by atoms with E-state index in [0.29, 0.717) is 13.0 Å². The van der Waals surface area contributed by atoms with Crippen LogP contribution in [0.4, 0.5) is 4.39 Å². The second-order valence-electron chi connectivity index (χ2n) is 4.18. The third kappa shape index (κ3) is 3.41. The van der Waals surface area contributed by atoms with Crippen molar-refractivity contribution in [2.24, 2.45) is 0 Å². The largest absolute Gasteiger partial charge is 0.352 e. The molecule has 0 saturated carbocycles. The summed E-state index contributed by atoms with van der Waals surface area (Å²) in [6, 6.07) is 4.87. The lowest BCUT2D eigenvalue weighted by atomic mass is 10.2. The molecule has 3 nitrogen and oxygen atoms in total. The zero-order chi connectivity index (χ0) is 12.3. The molecule has 1 amide bonds. The fourth-order valence-electron chi connectivity index (χ4n) is 1.87. The molecule has 0 aliphatic carbocycles. The van der Waals surface area contributed by atoms with Crippen molar-refractivity contribution >= 4 is 17.5 Å². The van der Waals surface area contributed by atoms with Crippen molar-refractivity contribution in [3.8, 4) is 0 Å². The Morgan fingerprint density at radius 2 is 2.35 bits per heavy atom. The first kappa shape index (κ1) is 12.3. The first-order valence-electron chi connectivity index (χ1n) is 5.59.